The highest BCUT2D eigenvalue weighted by Crippen LogP contribution is 2.15. The van der Waals surface area contributed by atoms with Crippen molar-refractivity contribution in [3.05, 3.63) is 42.1 Å². The van der Waals surface area contributed by atoms with E-state index in [1.807, 2.05) is 18.2 Å². The van der Waals surface area contributed by atoms with Crippen molar-refractivity contribution in [2.75, 3.05) is 0 Å². The lowest BCUT2D eigenvalue weighted by Crippen LogP contribution is -2.06. The van der Waals surface area contributed by atoms with E-state index in [0.717, 1.165) is 23.0 Å². The van der Waals surface area contributed by atoms with E-state index in [0.29, 0.717) is 12.3 Å². The zero-order valence-electron chi connectivity index (χ0n) is 10.3. The summed E-state index contributed by atoms with van der Waals surface area (Å²) in [4.78, 5) is 15.6. The van der Waals surface area contributed by atoms with Gasteiger partial charge in [0.1, 0.15) is 5.78 Å². The Morgan fingerprint density at radius 1 is 1.24 bits per heavy atom. The second-order valence-corrected chi connectivity index (χ2v) is 4.71. The largest absolute Gasteiger partial charge is 0.300 e. The van der Waals surface area contributed by atoms with Crippen molar-refractivity contribution >= 4 is 16.7 Å². The van der Waals surface area contributed by atoms with Gasteiger partial charge in [-0.25, -0.2) is 0 Å². The van der Waals surface area contributed by atoms with Crippen LogP contribution in [-0.2, 0) is 11.2 Å². The minimum Gasteiger partial charge on any atom is -0.300 e. The number of Topliss-reactive ketones (excluding diaryl/α,β-unsaturated/α-hetero) is 1. The smallest absolute Gasteiger partial charge is 0.130 e. The van der Waals surface area contributed by atoms with Crippen LogP contribution in [0, 0.1) is 5.92 Å². The summed E-state index contributed by atoms with van der Waals surface area (Å²) < 4.78 is 0. The van der Waals surface area contributed by atoms with Crippen LogP contribution in [-0.4, -0.2) is 10.8 Å². The van der Waals surface area contributed by atoms with Gasteiger partial charge in [0.05, 0.1) is 5.52 Å². The Bertz CT molecular complexity index is 533. The highest BCUT2D eigenvalue weighted by Gasteiger charge is 2.07. The molecule has 0 saturated heterocycles. The summed E-state index contributed by atoms with van der Waals surface area (Å²) >= 11 is 0. The number of nitrogens with zero attached hydrogens (tertiary/aromatic N) is 1. The average molecular weight is 227 g/mol. The summed E-state index contributed by atoms with van der Waals surface area (Å²) in [5.41, 5.74) is 2.09. The Morgan fingerprint density at radius 3 is 2.76 bits per heavy atom. The van der Waals surface area contributed by atoms with Crippen molar-refractivity contribution in [3.8, 4) is 0 Å². The van der Waals surface area contributed by atoms with E-state index in [1.165, 1.54) is 0 Å². The summed E-state index contributed by atoms with van der Waals surface area (Å²) in [6.45, 7) is 3.74. The third-order valence-electron chi connectivity index (χ3n) is 2.85. The first kappa shape index (κ1) is 11.8. The molecular weight excluding hydrogens is 210 g/mol. The van der Waals surface area contributed by atoms with Crippen molar-refractivity contribution < 1.29 is 4.79 Å². The zero-order chi connectivity index (χ0) is 12.3. The van der Waals surface area contributed by atoms with Crippen LogP contribution in [0.4, 0.5) is 0 Å². The van der Waals surface area contributed by atoms with Crippen LogP contribution in [0.15, 0.2) is 36.4 Å². The van der Waals surface area contributed by atoms with Gasteiger partial charge in [0.15, 0.2) is 0 Å². The molecule has 1 atom stereocenters. The zero-order valence-corrected chi connectivity index (χ0v) is 10.3. The molecule has 2 aromatic rings. The van der Waals surface area contributed by atoms with Crippen LogP contribution in [0.25, 0.3) is 10.9 Å². The number of hydrogen-bond donors (Lipinski definition) is 0. The molecule has 2 rings (SSSR count). The Balaban J connectivity index is 2.16. The highest BCUT2D eigenvalue weighted by molar-refractivity contribution is 5.78. The minimum absolute atomic E-state index is 0.248. The number of para-hydroxylation sites is 1. The molecular formula is C15H17NO. The Kier molecular flexibility index (Phi) is 3.52. The summed E-state index contributed by atoms with van der Waals surface area (Å²) in [6.07, 6.45) is 1.50. The number of pyridine rings is 1. The maximum absolute atomic E-state index is 11.0. The van der Waals surface area contributed by atoms with E-state index in [1.54, 1.807) is 6.92 Å². The fourth-order valence-corrected chi connectivity index (χ4v) is 2.14. The average Bonchev–Trinajstić information content (AvgIpc) is 2.27. The molecule has 0 aliphatic heterocycles. The molecule has 0 radical (unpaired) electrons. The molecule has 0 fully saturated rings. The first-order valence-electron chi connectivity index (χ1n) is 5.99. The molecule has 0 aliphatic rings. The van der Waals surface area contributed by atoms with E-state index in [2.05, 4.69) is 30.1 Å². The summed E-state index contributed by atoms with van der Waals surface area (Å²) in [5, 5.41) is 1.16. The van der Waals surface area contributed by atoms with Crippen LogP contribution in [0.1, 0.15) is 26.0 Å². The van der Waals surface area contributed by atoms with Gasteiger partial charge in [-0.2, -0.15) is 0 Å². The van der Waals surface area contributed by atoms with Gasteiger partial charge in [0.2, 0.25) is 0 Å². The molecule has 2 heteroatoms. The normalized spacial score (nSPS) is 12.6. The van der Waals surface area contributed by atoms with Gasteiger partial charge >= 0.3 is 0 Å². The third-order valence-corrected chi connectivity index (χ3v) is 2.85. The van der Waals surface area contributed by atoms with Crippen LogP contribution >= 0.6 is 0 Å². The van der Waals surface area contributed by atoms with Crippen molar-refractivity contribution in [2.45, 2.75) is 26.7 Å². The molecule has 1 unspecified atom stereocenters. The second kappa shape index (κ2) is 5.09. The van der Waals surface area contributed by atoms with Crippen LogP contribution in [0.5, 0.6) is 0 Å². The Labute approximate surface area is 102 Å². The number of aromatic nitrogens is 1. The molecule has 1 heterocycles. The van der Waals surface area contributed by atoms with Crippen LogP contribution < -0.4 is 0 Å². The molecule has 2 nitrogen and oxygen atoms in total. The molecule has 0 bridgehead atoms. The van der Waals surface area contributed by atoms with Crippen LogP contribution in [0.2, 0.25) is 0 Å². The van der Waals surface area contributed by atoms with Gasteiger partial charge in [-0.15, -0.1) is 0 Å². The number of fused-ring (bicyclic) bond motifs is 1. The predicted molar refractivity (Wildman–Crippen MR) is 69.9 cm³/mol. The van der Waals surface area contributed by atoms with E-state index >= 15 is 0 Å². The van der Waals surface area contributed by atoms with Crippen LogP contribution in [0.3, 0.4) is 0 Å². The van der Waals surface area contributed by atoms with Crippen molar-refractivity contribution in [3.63, 3.8) is 0 Å². The summed E-state index contributed by atoms with van der Waals surface area (Å²) in [6, 6.07) is 12.2. The molecule has 0 amide bonds. The topological polar surface area (TPSA) is 30.0 Å². The molecule has 0 saturated carbocycles. The number of carbonyl (C=O) groups is 1. The van der Waals surface area contributed by atoms with E-state index in [-0.39, 0.29) is 5.78 Å². The maximum Gasteiger partial charge on any atom is 0.130 e. The van der Waals surface area contributed by atoms with E-state index in [4.69, 9.17) is 0 Å². The molecule has 0 spiro atoms. The molecule has 1 aromatic carbocycles. The summed E-state index contributed by atoms with van der Waals surface area (Å²) in [5.74, 6) is 0.611. The minimum atomic E-state index is 0.248. The first-order valence-corrected chi connectivity index (χ1v) is 5.99. The maximum atomic E-state index is 11.0. The fourth-order valence-electron chi connectivity index (χ4n) is 2.14. The molecule has 88 valence electrons. The van der Waals surface area contributed by atoms with Gasteiger partial charge in [0, 0.05) is 17.5 Å². The first-order chi connectivity index (χ1) is 8.15. The predicted octanol–water partition coefficient (Wildman–Crippen LogP) is 3.39. The number of rotatable bonds is 4. The lowest BCUT2D eigenvalue weighted by molar-refractivity contribution is -0.117. The SMILES string of the molecule is CC(=O)CC(C)Cc1ccc2ccccc2n1. The van der Waals surface area contributed by atoms with E-state index < -0.39 is 0 Å². The van der Waals surface area contributed by atoms with E-state index in [9.17, 15) is 4.79 Å². The van der Waals surface area contributed by atoms with Gasteiger partial charge < -0.3 is 4.79 Å². The van der Waals surface area contributed by atoms with Crippen molar-refractivity contribution in [1.82, 2.24) is 4.98 Å². The lowest BCUT2D eigenvalue weighted by Gasteiger charge is -2.09. The second-order valence-electron chi connectivity index (χ2n) is 4.71. The van der Waals surface area contributed by atoms with Crippen molar-refractivity contribution in [2.24, 2.45) is 5.92 Å². The number of benzene rings is 1. The fraction of sp³-hybridized carbons (Fsp3) is 0.333. The summed E-state index contributed by atoms with van der Waals surface area (Å²) in [7, 11) is 0. The Hall–Kier alpha value is -1.70. The number of carbonyl (C=O) groups excluding carboxylic acids is 1. The molecule has 0 N–H and O–H groups in total. The monoisotopic (exact) mass is 227 g/mol. The van der Waals surface area contributed by atoms with Gasteiger partial charge in [-0.3, -0.25) is 4.98 Å². The molecule has 0 aliphatic carbocycles. The quantitative estimate of drug-likeness (QED) is 0.801. The third kappa shape index (κ3) is 3.13. The Morgan fingerprint density at radius 2 is 2.00 bits per heavy atom. The molecule has 17 heavy (non-hydrogen) atoms. The molecule has 1 aromatic heterocycles. The number of hydrogen-bond acceptors (Lipinski definition) is 2. The van der Waals surface area contributed by atoms with Gasteiger partial charge in [-0.05, 0) is 31.4 Å². The van der Waals surface area contributed by atoms with Gasteiger partial charge in [-0.1, -0.05) is 31.2 Å². The standard InChI is InChI=1S/C15H17NO/c1-11(9-12(2)17)10-14-8-7-13-5-3-4-6-15(13)16-14/h3-8,11H,9-10H2,1-2H3. The lowest BCUT2D eigenvalue weighted by atomic mass is 9.99. The van der Waals surface area contributed by atoms with Gasteiger partial charge in [0.25, 0.3) is 0 Å². The van der Waals surface area contributed by atoms with Crippen molar-refractivity contribution in [1.29, 1.82) is 0 Å². The highest BCUT2D eigenvalue weighted by atomic mass is 16.1. The number of ketones is 1.